The Morgan fingerprint density at radius 2 is 1.71 bits per heavy atom. The number of rotatable bonds is 6. The molecule has 1 aliphatic rings. The van der Waals surface area contributed by atoms with Gasteiger partial charge in [-0.1, -0.05) is 6.07 Å². The zero-order valence-electron chi connectivity index (χ0n) is 17.5. The van der Waals surface area contributed by atoms with Gasteiger partial charge in [0.2, 0.25) is 0 Å². The summed E-state index contributed by atoms with van der Waals surface area (Å²) in [7, 11) is 0. The lowest BCUT2D eigenvalue weighted by Crippen LogP contribution is -2.48. The van der Waals surface area contributed by atoms with E-state index < -0.39 is 17.6 Å². The van der Waals surface area contributed by atoms with Crippen molar-refractivity contribution in [3.8, 4) is 5.75 Å². The van der Waals surface area contributed by atoms with E-state index >= 15 is 0 Å². The van der Waals surface area contributed by atoms with E-state index in [1.807, 2.05) is 13.0 Å². The molecule has 0 atom stereocenters. The van der Waals surface area contributed by atoms with Gasteiger partial charge < -0.3 is 9.64 Å². The summed E-state index contributed by atoms with van der Waals surface area (Å²) in [5.41, 5.74) is 0.714. The molecule has 0 radical (unpaired) electrons. The van der Waals surface area contributed by atoms with E-state index in [9.17, 15) is 22.8 Å². The Morgan fingerprint density at radius 3 is 2.32 bits per heavy atom. The van der Waals surface area contributed by atoms with E-state index in [1.165, 1.54) is 19.1 Å². The topological polar surface area (TPSA) is 49.9 Å². The first-order valence-electron chi connectivity index (χ1n) is 10.1. The molecule has 0 aromatic heterocycles. The summed E-state index contributed by atoms with van der Waals surface area (Å²) in [6, 6.07) is 9.88. The van der Waals surface area contributed by atoms with Gasteiger partial charge in [0.15, 0.2) is 5.78 Å². The van der Waals surface area contributed by atoms with Gasteiger partial charge in [0.1, 0.15) is 5.75 Å². The zero-order valence-corrected chi connectivity index (χ0v) is 17.5. The summed E-state index contributed by atoms with van der Waals surface area (Å²) in [6.45, 7) is 6.42. The minimum atomic E-state index is -4.48. The minimum absolute atomic E-state index is 0.0270. The fourth-order valence-corrected chi connectivity index (χ4v) is 3.58. The van der Waals surface area contributed by atoms with E-state index in [1.54, 1.807) is 17.0 Å². The predicted octanol–water partition coefficient (Wildman–Crippen LogP) is 4.26. The van der Waals surface area contributed by atoms with Gasteiger partial charge in [-0.25, -0.2) is 0 Å². The van der Waals surface area contributed by atoms with Gasteiger partial charge in [0, 0.05) is 49.4 Å². The highest BCUT2D eigenvalue weighted by atomic mass is 19.4. The summed E-state index contributed by atoms with van der Waals surface area (Å²) in [4.78, 5) is 28.1. The number of halogens is 3. The van der Waals surface area contributed by atoms with Gasteiger partial charge in [-0.05, 0) is 50.2 Å². The first-order chi connectivity index (χ1) is 14.7. The van der Waals surface area contributed by atoms with Gasteiger partial charge in [0.25, 0.3) is 5.91 Å². The Labute approximate surface area is 179 Å². The van der Waals surface area contributed by atoms with Crippen molar-refractivity contribution in [3.63, 3.8) is 0 Å². The quantitative estimate of drug-likeness (QED) is 0.638. The van der Waals surface area contributed by atoms with Crippen LogP contribution in [-0.2, 0) is 12.7 Å². The van der Waals surface area contributed by atoms with Crippen LogP contribution < -0.4 is 4.74 Å². The Kier molecular flexibility index (Phi) is 7.00. The van der Waals surface area contributed by atoms with Crippen LogP contribution in [0.25, 0.3) is 0 Å². The Hall–Kier alpha value is -2.87. The number of Topliss-reactive ketones (excluding diaryl/α,β-unsaturated/α-hetero) is 1. The van der Waals surface area contributed by atoms with Crippen LogP contribution in [0.5, 0.6) is 5.75 Å². The molecule has 31 heavy (non-hydrogen) atoms. The van der Waals surface area contributed by atoms with E-state index in [2.05, 4.69) is 4.90 Å². The van der Waals surface area contributed by atoms with Crippen LogP contribution in [0.3, 0.4) is 0 Å². The summed E-state index contributed by atoms with van der Waals surface area (Å²) in [6.07, 6.45) is -4.48. The van der Waals surface area contributed by atoms with Gasteiger partial charge in [0.05, 0.1) is 12.2 Å². The number of alkyl halides is 3. The van der Waals surface area contributed by atoms with Crippen LogP contribution in [-0.4, -0.2) is 54.3 Å². The highest BCUT2D eigenvalue weighted by Crippen LogP contribution is 2.30. The number of nitrogens with zero attached hydrogens (tertiary/aromatic N) is 2. The third-order valence-electron chi connectivity index (χ3n) is 5.26. The molecule has 8 heteroatoms. The smallest absolute Gasteiger partial charge is 0.416 e. The van der Waals surface area contributed by atoms with Crippen LogP contribution in [0.4, 0.5) is 13.2 Å². The Balaban J connectivity index is 1.66. The second kappa shape index (κ2) is 9.51. The molecule has 0 bridgehead atoms. The summed E-state index contributed by atoms with van der Waals surface area (Å²) in [5.74, 6) is 0.287. The molecule has 1 heterocycles. The normalized spacial score (nSPS) is 15.1. The van der Waals surface area contributed by atoms with E-state index in [0.717, 1.165) is 23.4 Å². The molecule has 1 amide bonds. The molecule has 166 valence electrons. The number of carbonyl (C=O) groups excluding carboxylic acids is 2. The molecule has 2 aromatic rings. The minimum Gasteiger partial charge on any atom is -0.494 e. The average molecular weight is 434 g/mol. The standard InChI is InChI=1S/C23H25F3N2O3/c1-3-31-21-8-7-17(16(2)29)13-19(21)15-27-9-11-28(12-10-27)22(30)18-5-4-6-20(14-18)23(24,25)26/h4-8,13-14H,3,9-12,15H2,1-2H3. The number of carbonyl (C=O) groups is 2. The van der Waals surface area contributed by atoms with Gasteiger partial charge >= 0.3 is 6.18 Å². The van der Waals surface area contributed by atoms with Gasteiger partial charge in [-0.15, -0.1) is 0 Å². The van der Waals surface area contributed by atoms with Crippen molar-refractivity contribution < 1.29 is 27.5 Å². The highest BCUT2D eigenvalue weighted by molar-refractivity contribution is 5.95. The third-order valence-corrected chi connectivity index (χ3v) is 5.26. The second-order valence-corrected chi connectivity index (χ2v) is 7.46. The van der Waals surface area contributed by atoms with Gasteiger partial charge in [-0.2, -0.15) is 13.2 Å². The molecule has 0 saturated carbocycles. The third kappa shape index (κ3) is 5.64. The lowest BCUT2D eigenvalue weighted by molar-refractivity contribution is -0.137. The van der Waals surface area contributed by atoms with E-state index in [4.69, 9.17) is 4.74 Å². The second-order valence-electron chi connectivity index (χ2n) is 7.46. The van der Waals surface area contributed by atoms with Crippen LogP contribution >= 0.6 is 0 Å². The molecule has 0 N–H and O–H groups in total. The summed E-state index contributed by atoms with van der Waals surface area (Å²) in [5, 5.41) is 0. The molecular weight excluding hydrogens is 409 g/mol. The maximum atomic E-state index is 12.9. The lowest BCUT2D eigenvalue weighted by Gasteiger charge is -2.35. The first-order valence-corrected chi connectivity index (χ1v) is 10.1. The van der Waals surface area contributed by atoms with Crippen molar-refractivity contribution in [1.29, 1.82) is 0 Å². The maximum Gasteiger partial charge on any atom is 0.416 e. The van der Waals surface area contributed by atoms with Crippen molar-refractivity contribution in [2.24, 2.45) is 0 Å². The zero-order chi connectivity index (χ0) is 22.6. The molecule has 1 aliphatic heterocycles. The van der Waals surface area contributed by atoms with Crippen LogP contribution in [0.15, 0.2) is 42.5 Å². The van der Waals surface area contributed by atoms with Crippen molar-refractivity contribution in [3.05, 3.63) is 64.7 Å². The van der Waals surface area contributed by atoms with E-state index in [0.29, 0.717) is 44.9 Å². The predicted molar refractivity (Wildman–Crippen MR) is 110 cm³/mol. The Bertz CT molecular complexity index is 951. The lowest BCUT2D eigenvalue weighted by atomic mass is 10.1. The SMILES string of the molecule is CCOc1ccc(C(C)=O)cc1CN1CCN(C(=O)c2cccc(C(F)(F)F)c2)CC1. The summed E-state index contributed by atoms with van der Waals surface area (Å²) < 4.78 is 44.5. The van der Waals surface area contributed by atoms with Crippen molar-refractivity contribution in [2.75, 3.05) is 32.8 Å². The fourth-order valence-electron chi connectivity index (χ4n) is 3.58. The Morgan fingerprint density at radius 1 is 1.00 bits per heavy atom. The number of piperazine rings is 1. The van der Waals surface area contributed by atoms with E-state index in [-0.39, 0.29) is 11.3 Å². The number of benzene rings is 2. The molecule has 3 rings (SSSR count). The molecule has 5 nitrogen and oxygen atoms in total. The van der Waals surface area contributed by atoms with Crippen molar-refractivity contribution in [1.82, 2.24) is 9.80 Å². The van der Waals surface area contributed by atoms with Gasteiger partial charge in [-0.3, -0.25) is 14.5 Å². The molecule has 2 aromatic carbocycles. The number of amides is 1. The molecule has 1 fully saturated rings. The highest BCUT2D eigenvalue weighted by Gasteiger charge is 2.31. The molecular formula is C23H25F3N2O3. The fraction of sp³-hybridized carbons (Fsp3) is 0.391. The van der Waals surface area contributed by atoms with Crippen LogP contribution in [0.2, 0.25) is 0 Å². The van der Waals surface area contributed by atoms with Crippen molar-refractivity contribution >= 4 is 11.7 Å². The number of hydrogen-bond acceptors (Lipinski definition) is 4. The molecule has 0 spiro atoms. The molecule has 0 aliphatic carbocycles. The number of hydrogen-bond donors (Lipinski definition) is 0. The number of ether oxygens (including phenoxy) is 1. The van der Waals surface area contributed by atoms with Crippen molar-refractivity contribution in [2.45, 2.75) is 26.6 Å². The largest absolute Gasteiger partial charge is 0.494 e. The van der Waals surface area contributed by atoms with Crippen LogP contribution in [0.1, 0.15) is 45.7 Å². The average Bonchev–Trinajstić information content (AvgIpc) is 2.74. The molecule has 0 unspecified atom stereocenters. The first kappa shape index (κ1) is 22.8. The monoisotopic (exact) mass is 434 g/mol. The number of ketones is 1. The summed E-state index contributed by atoms with van der Waals surface area (Å²) >= 11 is 0. The maximum absolute atomic E-state index is 12.9. The van der Waals surface area contributed by atoms with Crippen LogP contribution in [0, 0.1) is 0 Å². The molecule has 1 saturated heterocycles.